The number of aliphatic hydroxyl groups is 4. The number of alkyl halides is 1. The molecule has 18 atom stereocenters. The van der Waals surface area contributed by atoms with Crippen molar-refractivity contribution < 1.29 is 92.1 Å². The number of cyclic esters (lactones) is 1. The molecule has 528 valence electrons. The number of ether oxygens (including phenoxy) is 10. The summed E-state index contributed by atoms with van der Waals surface area (Å²) < 4.78 is 63.5. The number of hydrogen-bond acceptors (Lipinski definition) is 23. The number of nitrogens with one attached hydrogen (secondary N) is 2. The number of carbonyl (C=O) groups excluding carboxylic acids is 2. The van der Waals surface area contributed by atoms with Gasteiger partial charge >= 0.3 is 17.9 Å². The van der Waals surface area contributed by atoms with Crippen LogP contribution in [0.15, 0.2) is 28.3 Å². The fourth-order valence-corrected chi connectivity index (χ4v) is 14.5. The Morgan fingerprint density at radius 1 is 0.892 bits per heavy atom. The van der Waals surface area contributed by atoms with Crippen LogP contribution < -0.4 is 16.1 Å². The maximum absolute atomic E-state index is 14.7. The molecular weight excluding hydrogens is 1350 g/mol. The highest BCUT2D eigenvalue weighted by molar-refractivity contribution is 14.1. The lowest BCUT2D eigenvalue weighted by Crippen LogP contribution is -2.61. The molecule has 5 aliphatic rings. The summed E-state index contributed by atoms with van der Waals surface area (Å²) in [6.07, 6.45) is -2.31. The zero-order valence-electron chi connectivity index (χ0n) is 56.7. The van der Waals surface area contributed by atoms with E-state index in [0.717, 1.165) is 32.1 Å². The van der Waals surface area contributed by atoms with Crippen LogP contribution in [0.3, 0.4) is 0 Å². The number of aliphatic hydroxyl groups excluding tert-OH is 2. The maximum atomic E-state index is 14.7. The number of esters is 2. The van der Waals surface area contributed by atoms with E-state index in [-0.39, 0.29) is 61.0 Å². The minimum absolute atomic E-state index is 0.00681. The van der Waals surface area contributed by atoms with Crippen LogP contribution in [0.25, 0.3) is 10.9 Å². The van der Waals surface area contributed by atoms with Gasteiger partial charge in [-0.2, -0.15) is 0 Å². The normalized spacial score (nSPS) is 35.4. The molecule has 93 heavy (non-hydrogen) atoms. The average molecular weight is 1450 g/mol. The van der Waals surface area contributed by atoms with Crippen LogP contribution in [-0.2, 0) is 61.8 Å². The van der Waals surface area contributed by atoms with Gasteiger partial charge in [-0.3, -0.25) is 14.4 Å². The SMILES string of the molecule is CO[C@]1(C)CC(O[C@H]2[C@H](C)[C@@H](OC3O[C@H](C)C[C@H](N(C)C)[C@H]3O)[C@](C)(O)C[C@@H](C)/C(=N\OC3(OC(C)C)CCCCC3)[C@H](C)[C@@H](O)[C@](C)(O)[C@@H](I)OC(=O)[C@@H]2C)O[C@@H](C)[C@@H]1OC(=O)CCNCCOCCOCCNc1cc2c(=O)c(C(=O)O)cn(C3CC3)c2cc1Cl. The Morgan fingerprint density at radius 3 is 2.18 bits per heavy atom. The summed E-state index contributed by atoms with van der Waals surface area (Å²) in [5, 5.41) is 71.1. The maximum Gasteiger partial charge on any atom is 0.341 e. The average Bonchev–Trinajstić information content (AvgIpc) is 1.76. The largest absolute Gasteiger partial charge is 0.477 e. The number of rotatable bonds is 26. The number of carboxylic acids is 1. The Bertz CT molecular complexity index is 2890. The first-order valence-corrected chi connectivity index (χ1v) is 34.7. The summed E-state index contributed by atoms with van der Waals surface area (Å²) in [6, 6.07) is 3.03. The highest BCUT2D eigenvalue weighted by Crippen LogP contribution is 2.44. The van der Waals surface area contributed by atoms with Crippen molar-refractivity contribution in [1.82, 2.24) is 14.8 Å². The number of pyridine rings is 1. The number of aromatic carboxylic acids is 1. The molecule has 0 amide bonds. The van der Waals surface area contributed by atoms with E-state index in [0.29, 0.717) is 80.7 Å². The van der Waals surface area contributed by atoms with E-state index < -0.39 is 123 Å². The standard InChI is InChI=1S/C66H105ClIN5O20/c1-36(2)92-66(21-16-15-17-22-66)93-71-52-37(3)33-63(9,81)57(90-61-54(76)49(72(12)13)30-38(4)86-61)40(6)55(41(7)60(80)91-62(68)65(11,82)56(77)39(52)5)89-51-34-64(10,83-14)58(42(8)87-51)88-50(74)20-23-69-24-26-84-28-29-85-27-25-70-47-31-44-48(32-46(47)67)73(43-18-19-43)35-45(53(44)75)59(78)79/h31-32,35-43,49,51,54-58,61-62,69-70,76-77,81-82H,15-30,33-34H2,1-14H3,(H,78,79)/b71-52+/t37-,38-,39+,40+,41-,42+,49+,51?,54-,55+,56-,57-,58+,61?,62+,63-,64-,65+/m1/s1. The molecule has 7 rings (SSSR count). The van der Waals surface area contributed by atoms with Crippen molar-refractivity contribution in [2.45, 2.75) is 247 Å². The van der Waals surface area contributed by atoms with Crippen molar-refractivity contribution in [3.8, 4) is 0 Å². The zero-order valence-corrected chi connectivity index (χ0v) is 59.6. The Morgan fingerprint density at radius 2 is 1.56 bits per heavy atom. The molecule has 0 radical (unpaired) electrons. The number of nitrogens with zero attached hydrogens (tertiary/aromatic N) is 3. The first kappa shape index (κ1) is 76.9. The number of oxime groups is 1. The molecule has 3 saturated heterocycles. The van der Waals surface area contributed by atoms with Crippen LogP contribution in [0.4, 0.5) is 5.69 Å². The number of fused-ring (bicyclic) bond motifs is 1. The van der Waals surface area contributed by atoms with Crippen LogP contribution >= 0.6 is 34.2 Å². The molecule has 2 aromatic rings. The molecular formula is C66H105ClIN5O20. The Labute approximate surface area is 565 Å². The molecule has 5 fully saturated rings. The van der Waals surface area contributed by atoms with Gasteiger partial charge in [0, 0.05) is 87.4 Å². The molecule has 2 saturated carbocycles. The number of anilines is 1. The van der Waals surface area contributed by atoms with E-state index in [1.165, 1.54) is 20.2 Å². The third-order valence-corrected chi connectivity index (χ3v) is 20.8. The lowest BCUT2D eigenvalue weighted by molar-refractivity contribution is -0.318. The van der Waals surface area contributed by atoms with Crippen molar-refractivity contribution in [1.29, 1.82) is 0 Å². The van der Waals surface area contributed by atoms with E-state index in [1.807, 2.05) is 73.8 Å². The van der Waals surface area contributed by atoms with Gasteiger partial charge in [0.1, 0.15) is 22.9 Å². The summed E-state index contributed by atoms with van der Waals surface area (Å²) in [6.45, 7) is 21.5. The zero-order chi connectivity index (χ0) is 68.5. The fourth-order valence-electron chi connectivity index (χ4n) is 13.7. The van der Waals surface area contributed by atoms with Gasteiger partial charge in [-0.15, -0.1) is 0 Å². The topological polar surface area (TPSA) is 316 Å². The number of methoxy groups -OCH3 is 1. The number of carboxylic acid groups (broad SMARTS) is 1. The van der Waals surface area contributed by atoms with E-state index in [4.69, 9.17) is 69.0 Å². The first-order valence-electron chi connectivity index (χ1n) is 33.1. The first-order chi connectivity index (χ1) is 43.7. The smallest absolute Gasteiger partial charge is 0.341 e. The number of hydrogen-bond donors (Lipinski definition) is 7. The Hall–Kier alpha value is -3.43. The van der Waals surface area contributed by atoms with Crippen LogP contribution in [0.1, 0.15) is 163 Å². The summed E-state index contributed by atoms with van der Waals surface area (Å²) in [7, 11) is 5.21. The van der Waals surface area contributed by atoms with Gasteiger partial charge in [-0.1, -0.05) is 43.9 Å². The van der Waals surface area contributed by atoms with Crippen LogP contribution in [0, 0.1) is 23.7 Å². The molecule has 25 nitrogen and oxygen atoms in total. The van der Waals surface area contributed by atoms with Gasteiger partial charge in [0.25, 0.3) is 0 Å². The van der Waals surface area contributed by atoms with Crippen LogP contribution in [-0.4, -0.2) is 220 Å². The molecule has 0 bridgehead atoms. The fraction of sp³-hybridized carbons (Fsp3) is 0.803. The predicted molar refractivity (Wildman–Crippen MR) is 355 cm³/mol. The highest BCUT2D eigenvalue weighted by Gasteiger charge is 2.55. The highest BCUT2D eigenvalue weighted by atomic mass is 127. The molecule has 4 heterocycles. The second kappa shape index (κ2) is 33.4. The molecule has 1 aromatic carbocycles. The van der Waals surface area contributed by atoms with Crippen molar-refractivity contribution in [2.24, 2.45) is 28.8 Å². The third kappa shape index (κ3) is 19.5. The second-order valence-electron chi connectivity index (χ2n) is 27.5. The second-order valence-corrected chi connectivity index (χ2v) is 29.1. The van der Waals surface area contributed by atoms with Crippen molar-refractivity contribution in [2.75, 3.05) is 72.6 Å². The molecule has 1 aromatic heterocycles. The summed E-state index contributed by atoms with van der Waals surface area (Å²) in [4.78, 5) is 61.5. The summed E-state index contributed by atoms with van der Waals surface area (Å²) in [5.41, 5.74) is -4.53. The van der Waals surface area contributed by atoms with E-state index in [1.54, 1.807) is 53.7 Å². The van der Waals surface area contributed by atoms with Gasteiger partial charge in [-0.05, 0) is 143 Å². The van der Waals surface area contributed by atoms with Crippen LogP contribution in [0.5, 0.6) is 0 Å². The minimum Gasteiger partial charge on any atom is -0.477 e. The minimum atomic E-state index is -2.05. The molecule has 3 aliphatic heterocycles. The van der Waals surface area contributed by atoms with Crippen LogP contribution in [0.2, 0.25) is 5.02 Å². The molecule has 0 spiro atoms. The Balaban J connectivity index is 0.986. The van der Waals surface area contributed by atoms with E-state index in [2.05, 4.69) is 10.6 Å². The van der Waals surface area contributed by atoms with Gasteiger partial charge in [0.2, 0.25) is 11.2 Å². The van der Waals surface area contributed by atoms with Crippen molar-refractivity contribution >= 4 is 74.4 Å². The summed E-state index contributed by atoms with van der Waals surface area (Å²) >= 11 is 8.40. The lowest BCUT2D eigenvalue weighted by atomic mass is 9.74. The molecule has 7 N–H and O–H groups in total. The van der Waals surface area contributed by atoms with Crippen molar-refractivity contribution in [3.63, 3.8) is 0 Å². The number of aromatic nitrogens is 1. The van der Waals surface area contributed by atoms with Gasteiger partial charge < -0.3 is 97.8 Å². The lowest BCUT2D eigenvalue weighted by Gasteiger charge is -2.49. The number of carbonyl (C=O) groups is 3. The summed E-state index contributed by atoms with van der Waals surface area (Å²) in [5.74, 6) is -7.32. The van der Waals surface area contributed by atoms with E-state index >= 15 is 0 Å². The van der Waals surface area contributed by atoms with Gasteiger partial charge in [-0.25, -0.2) is 4.79 Å². The predicted octanol–water partition coefficient (Wildman–Crippen LogP) is 7.33. The number of halogens is 2. The number of benzene rings is 1. The Kier molecular flexibility index (Phi) is 27.6. The van der Waals surface area contributed by atoms with Crippen molar-refractivity contribution in [3.05, 3.63) is 39.1 Å². The molecule has 2 aliphatic carbocycles. The van der Waals surface area contributed by atoms with E-state index in [9.17, 15) is 44.7 Å². The molecule has 27 heteroatoms. The molecule has 2 unspecified atom stereocenters. The third-order valence-electron chi connectivity index (χ3n) is 19.0. The number of likely N-dealkylation sites (N-methyl/N-ethyl adjacent to an activating group) is 1. The van der Waals surface area contributed by atoms with Gasteiger partial charge in [0.15, 0.2) is 22.8 Å². The monoisotopic (exact) mass is 1450 g/mol. The van der Waals surface area contributed by atoms with Gasteiger partial charge in [0.05, 0.1) is 103 Å². The quantitative estimate of drug-likeness (QED) is 0.0121.